The molecule has 0 unspecified atom stereocenters. The van der Waals surface area contributed by atoms with Gasteiger partial charge in [0.05, 0.1) is 23.7 Å². The maximum Gasteiger partial charge on any atom is 0.337 e. The van der Waals surface area contributed by atoms with E-state index in [0.29, 0.717) is 0 Å². The Labute approximate surface area is 92.6 Å². The Hall–Kier alpha value is -1.40. The van der Waals surface area contributed by atoms with E-state index in [1.54, 1.807) is 0 Å². The Morgan fingerprint density at radius 1 is 1.31 bits per heavy atom. The molecule has 6 heteroatoms. The molecule has 0 aromatic heterocycles. The van der Waals surface area contributed by atoms with Crippen molar-refractivity contribution in [1.82, 2.24) is 0 Å². The van der Waals surface area contributed by atoms with Crippen LogP contribution in [0.3, 0.4) is 0 Å². The SMILES string of the molecule is O=C(O)c1ccccc1S(=O)(=O)C1COC1. The number of rotatable bonds is 3. The third-order valence-electron chi connectivity index (χ3n) is 2.47. The molecular formula is C10H10O5S. The molecule has 86 valence electrons. The second kappa shape index (κ2) is 3.88. The first-order chi connectivity index (χ1) is 7.53. The number of carboxylic acids is 1. The third-order valence-corrected chi connectivity index (χ3v) is 4.59. The van der Waals surface area contributed by atoms with E-state index in [9.17, 15) is 13.2 Å². The van der Waals surface area contributed by atoms with Gasteiger partial charge in [0.1, 0.15) is 5.25 Å². The van der Waals surface area contributed by atoms with Gasteiger partial charge in [0.2, 0.25) is 0 Å². The summed E-state index contributed by atoms with van der Waals surface area (Å²) < 4.78 is 28.8. The van der Waals surface area contributed by atoms with Crippen molar-refractivity contribution in [2.75, 3.05) is 13.2 Å². The zero-order chi connectivity index (χ0) is 11.8. The average molecular weight is 242 g/mol. The van der Waals surface area contributed by atoms with Gasteiger partial charge in [-0.25, -0.2) is 13.2 Å². The van der Waals surface area contributed by atoms with E-state index in [-0.39, 0.29) is 23.7 Å². The molecule has 0 bridgehead atoms. The van der Waals surface area contributed by atoms with Gasteiger partial charge < -0.3 is 9.84 Å². The molecule has 0 radical (unpaired) electrons. The van der Waals surface area contributed by atoms with Crippen LogP contribution in [0.2, 0.25) is 0 Å². The van der Waals surface area contributed by atoms with Gasteiger partial charge in [0.25, 0.3) is 0 Å². The lowest BCUT2D eigenvalue weighted by molar-refractivity contribution is 0.0415. The molecule has 1 aromatic rings. The number of carboxylic acid groups (broad SMARTS) is 1. The van der Waals surface area contributed by atoms with Crippen molar-refractivity contribution >= 4 is 15.8 Å². The maximum atomic E-state index is 12.0. The minimum Gasteiger partial charge on any atom is -0.478 e. The second-order valence-corrected chi connectivity index (χ2v) is 5.70. The summed E-state index contributed by atoms with van der Waals surface area (Å²) in [5.74, 6) is -1.24. The Kier molecular flexibility index (Phi) is 2.69. The number of sulfone groups is 1. The van der Waals surface area contributed by atoms with Crippen molar-refractivity contribution in [3.63, 3.8) is 0 Å². The van der Waals surface area contributed by atoms with Gasteiger partial charge in [0, 0.05) is 0 Å². The summed E-state index contributed by atoms with van der Waals surface area (Å²) in [6, 6.07) is 5.62. The summed E-state index contributed by atoms with van der Waals surface area (Å²) in [7, 11) is -3.58. The molecule has 0 spiro atoms. The van der Waals surface area contributed by atoms with E-state index in [1.807, 2.05) is 0 Å². The van der Waals surface area contributed by atoms with Crippen molar-refractivity contribution in [3.8, 4) is 0 Å². The van der Waals surface area contributed by atoms with Crippen molar-refractivity contribution in [2.24, 2.45) is 0 Å². The number of hydrogen-bond acceptors (Lipinski definition) is 4. The first-order valence-corrected chi connectivity index (χ1v) is 6.22. The Balaban J connectivity index is 2.51. The molecule has 16 heavy (non-hydrogen) atoms. The summed E-state index contributed by atoms with van der Waals surface area (Å²) in [5, 5.41) is 8.29. The van der Waals surface area contributed by atoms with Gasteiger partial charge in [-0.15, -0.1) is 0 Å². The molecule has 0 saturated carbocycles. The van der Waals surface area contributed by atoms with Gasteiger partial charge >= 0.3 is 5.97 Å². The van der Waals surface area contributed by atoms with Crippen LogP contribution in [-0.2, 0) is 14.6 Å². The molecule has 0 atom stereocenters. The highest BCUT2D eigenvalue weighted by molar-refractivity contribution is 7.92. The highest BCUT2D eigenvalue weighted by atomic mass is 32.2. The zero-order valence-corrected chi connectivity index (χ0v) is 9.11. The standard InChI is InChI=1S/C10H10O5S/c11-10(12)8-3-1-2-4-9(8)16(13,14)7-5-15-6-7/h1-4,7H,5-6H2,(H,11,12). The van der Waals surface area contributed by atoms with Crippen molar-refractivity contribution in [2.45, 2.75) is 10.1 Å². The average Bonchev–Trinajstić information content (AvgIpc) is 2.14. The van der Waals surface area contributed by atoms with Crippen molar-refractivity contribution < 1.29 is 23.1 Å². The summed E-state index contributed by atoms with van der Waals surface area (Å²) in [6.45, 7) is 0.270. The predicted molar refractivity (Wildman–Crippen MR) is 55.2 cm³/mol. The van der Waals surface area contributed by atoms with E-state index < -0.39 is 21.1 Å². The Morgan fingerprint density at radius 3 is 2.44 bits per heavy atom. The van der Waals surface area contributed by atoms with Gasteiger partial charge in [-0.1, -0.05) is 12.1 Å². The zero-order valence-electron chi connectivity index (χ0n) is 8.29. The van der Waals surface area contributed by atoms with Gasteiger partial charge in [-0.2, -0.15) is 0 Å². The molecule has 0 aliphatic carbocycles. The van der Waals surface area contributed by atoms with Crippen LogP contribution in [0, 0.1) is 0 Å². The molecule has 2 rings (SSSR count). The fourth-order valence-corrected chi connectivity index (χ4v) is 3.10. The maximum absolute atomic E-state index is 12.0. The van der Waals surface area contributed by atoms with E-state index in [1.165, 1.54) is 24.3 Å². The number of aromatic carboxylic acids is 1. The highest BCUT2D eigenvalue weighted by Gasteiger charge is 2.36. The van der Waals surface area contributed by atoms with E-state index in [2.05, 4.69) is 0 Å². The topological polar surface area (TPSA) is 80.7 Å². The molecule has 1 aliphatic rings. The molecule has 0 amide bonds. The lowest BCUT2D eigenvalue weighted by Crippen LogP contribution is -2.41. The molecule has 1 aliphatic heterocycles. The minimum atomic E-state index is -3.58. The van der Waals surface area contributed by atoms with Crippen LogP contribution in [0.1, 0.15) is 10.4 Å². The fourth-order valence-electron chi connectivity index (χ4n) is 1.46. The van der Waals surface area contributed by atoms with Crippen LogP contribution in [0.4, 0.5) is 0 Å². The highest BCUT2D eigenvalue weighted by Crippen LogP contribution is 2.24. The van der Waals surface area contributed by atoms with Gasteiger partial charge in [-0.05, 0) is 12.1 Å². The molecule has 5 nitrogen and oxygen atoms in total. The molecular weight excluding hydrogens is 232 g/mol. The number of ether oxygens (including phenoxy) is 1. The van der Waals surface area contributed by atoms with Gasteiger partial charge in [-0.3, -0.25) is 0 Å². The largest absolute Gasteiger partial charge is 0.478 e. The molecule has 1 saturated heterocycles. The summed E-state index contributed by atoms with van der Waals surface area (Å²) in [4.78, 5) is 10.8. The van der Waals surface area contributed by atoms with Crippen molar-refractivity contribution in [3.05, 3.63) is 29.8 Å². The normalized spacial score (nSPS) is 16.8. The van der Waals surface area contributed by atoms with Crippen LogP contribution in [0.25, 0.3) is 0 Å². The summed E-state index contributed by atoms with van der Waals surface area (Å²) >= 11 is 0. The molecule has 1 N–H and O–H groups in total. The van der Waals surface area contributed by atoms with Crippen LogP contribution >= 0.6 is 0 Å². The Bertz CT molecular complexity index is 516. The Morgan fingerprint density at radius 2 is 1.94 bits per heavy atom. The number of carbonyl (C=O) groups is 1. The van der Waals surface area contributed by atoms with Gasteiger partial charge in [0.15, 0.2) is 9.84 Å². The van der Waals surface area contributed by atoms with Crippen LogP contribution in [0.15, 0.2) is 29.2 Å². The monoisotopic (exact) mass is 242 g/mol. The molecule has 1 fully saturated rings. The lowest BCUT2D eigenvalue weighted by Gasteiger charge is -2.26. The van der Waals surface area contributed by atoms with Crippen molar-refractivity contribution in [1.29, 1.82) is 0 Å². The molecule has 1 aromatic carbocycles. The van der Waals surface area contributed by atoms with Crippen LogP contribution in [0.5, 0.6) is 0 Å². The smallest absolute Gasteiger partial charge is 0.337 e. The quantitative estimate of drug-likeness (QED) is 0.837. The minimum absolute atomic E-state index is 0.129. The lowest BCUT2D eigenvalue weighted by atomic mass is 10.2. The number of benzene rings is 1. The summed E-state index contributed by atoms with van der Waals surface area (Å²) in [6.07, 6.45) is 0. The van der Waals surface area contributed by atoms with E-state index in [4.69, 9.17) is 9.84 Å². The van der Waals surface area contributed by atoms with E-state index in [0.717, 1.165) is 0 Å². The van der Waals surface area contributed by atoms with E-state index >= 15 is 0 Å². The summed E-state index contributed by atoms with van der Waals surface area (Å²) in [5.41, 5.74) is -0.186. The van der Waals surface area contributed by atoms with Crippen LogP contribution in [-0.4, -0.2) is 38.0 Å². The predicted octanol–water partition coefficient (Wildman–Crippen LogP) is 0.557. The third kappa shape index (κ3) is 1.70. The fraction of sp³-hybridized carbons (Fsp3) is 0.300. The second-order valence-electron chi connectivity index (χ2n) is 3.51. The first-order valence-electron chi connectivity index (χ1n) is 4.67. The van der Waals surface area contributed by atoms with Crippen LogP contribution < -0.4 is 0 Å². The number of hydrogen-bond donors (Lipinski definition) is 1. The first kappa shape index (κ1) is 11.1. The molecule has 1 heterocycles.